The maximum Gasteiger partial charge on any atom is 0.237 e. The van der Waals surface area contributed by atoms with Crippen LogP contribution in [0.2, 0.25) is 0 Å². The highest BCUT2D eigenvalue weighted by molar-refractivity contribution is 7.15. The van der Waals surface area contributed by atoms with Crippen LogP contribution >= 0.6 is 11.3 Å². The van der Waals surface area contributed by atoms with Gasteiger partial charge in [-0.2, -0.15) is 0 Å². The van der Waals surface area contributed by atoms with Crippen molar-refractivity contribution in [3.8, 4) is 16.3 Å². The number of nitrogens with two attached hydrogens (primary N) is 1. The number of hydrogen-bond acceptors (Lipinski definition) is 5. The van der Waals surface area contributed by atoms with Crippen LogP contribution in [0.5, 0.6) is 5.75 Å². The van der Waals surface area contributed by atoms with Gasteiger partial charge in [-0.1, -0.05) is 13.8 Å². The molecule has 0 bridgehead atoms. The van der Waals surface area contributed by atoms with E-state index in [4.69, 9.17) is 10.5 Å². The van der Waals surface area contributed by atoms with Crippen molar-refractivity contribution in [1.82, 2.24) is 10.3 Å². The minimum Gasteiger partial charge on any atom is -0.497 e. The second-order valence-corrected chi connectivity index (χ2v) is 7.23. The number of hydrogen-bond donors (Lipinski definition) is 2. The van der Waals surface area contributed by atoms with Crippen molar-refractivity contribution in [1.29, 1.82) is 0 Å². The molecule has 1 unspecified atom stereocenters. The smallest absolute Gasteiger partial charge is 0.237 e. The molecule has 0 fully saturated rings. The largest absolute Gasteiger partial charge is 0.497 e. The highest BCUT2D eigenvalue weighted by Crippen LogP contribution is 2.32. The first-order chi connectivity index (χ1) is 11.3. The minimum absolute atomic E-state index is 0.106. The number of carbonyl (C=O) groups is 1. The number of amides is 1. The Bertz CT molecular complexity index is 695. The SMILES string of the molecule is COc1ccc(-c2nc(C)c(C(C)NC(=O)[C@@H](N)C(C)C)s2)cc1. The van der Waals surface area contributed by atoms with Crippen LogP contribution in [0.3, 0.4) is 0 Å². The Labute approximate surface area is 147 Å². The van der Waals surface area contributed by atoms with Gasteiger partial charge >= 0.3 is 0 Å². The highest BCUT2D eigenvalue weighted by Gasteiger charge is 2.22. The monoisotopic (exact) mass is 347 g/mol. The van der Waals surface area contributed by atoms with E-state index in [0.717, 1.165) is 26.9 Å². The zero-order valence-electron chi connectivity index (χ0n) is 14.8. The van der Waals surface area contributed by atoms with Gasteiger partial charge in [0.05, 0.1) is 29.8 Å². The summed E-state index contributed by atoms with van der Waals surface area (Å²) in [5, 5.41) is 3.92. The molecule has 2 aromatic rings. The number of thiazole rings is 1. The Kier molecular flexibility index (Phi) is 5.96. The molecule has 6 heteroatoms. The predicted octanol–water partition coefficient (Wildman–Crippen LogP) is 3.29. The van der Waals surface area contributed by atoms with E-state index in [1.54, 1.807) is 18.4 Å². The molecule has 3 N–H and O–H groups in total. The third-order valence-electron chi connectivity index (χ3n) is 3.94. The zero-order chi connectivity index (χ0) is 17.9. The van der Waals surface area contributed by atoms with E-state index >= 15 is 0 Å². The number of methoxy groups -OCH3 is 1. The second kappa shape index (κ2) is 7.77. The summed E-state index contributed by atoms with van der Waals surface area (Å²) in [6, 6.07) is 7.18. The van der Waals surface area contributed by atoms with E-state index in [-0.39, 0.29) is 17.9 Å². The molecule has 5 nitrogen and oxygen atoms in total. The summed E-state index contributed by atoms with van der Waals surface area (Å²) in [4.78, 5) is 17.8. The van der Waals surface area contributed by atoms with E-state index in [1.165, 1.54) is 0 Å². The van der Waals surface area contributed by atoms with Crippen molar-refractivity contribution in [3.63, 3.8) is 0 Å². The van der Waals surface area contributed by atoms with Crippen molar-refractivity contribution in [2.45, 2.75) is 39.8 Å². The van der Waals surface area contributed by atoms with Crippen molar-refractivity contribution < 1.29 is 9.53 Å². The lowest BCUT2D eigenvalue weighted by molar-refractivity contribution is -0.123. The van der Waals surface area contributed by atoms with Gasteiger partial charge in [0.15, 0.2) is 0 Å². The molecule has 0 saturated heterocycles. The molecular weight excluding hydrogens is 322 g/mol. The average molecular weight is 347 g/mol. The van der Waals surface area contributed by atoms with Crippen LogP contribution in [0.15, 0.2) is 24.3 Å². The van der Waals surface area contributed by atoms with Gasteiger partial charge < -0.3 is 15.8 Å². The summed E-state index contributed by atoms with van der Waals surface area (Å²) in [7, 11) is 1.65. The number of aryl methyl sites for hydroxylation is 1. The highest BCUT2D eigenvalue weighted by atomic mass is 32.1. The molecule has 0 aliphatic heterocycles. The molecule has 24 heavy (non-hydrogen) atoms. The van der Waals surface area contributed by atoms with Crippen LogP contribution in [0.25, 0.3) is 10.6 Å². The Morgan fingerprint density at radius 1 is 1.25 bits per heavy atom. The normalized spacial score (nSPS) is 13.6. The molecule has 0 saturated carbocycles. The number of nitrogens with zero attached hydrogens (tertiary/aromatic N) is 1. The molecular formula is C18H25N3O2S. The molecule has 130 valence electrons. The zero-order valence-corrected chi connectivity index (χ0v) is 15.6. The summed E-state index contributed by atoms with van der Waals surface area (Å²) in [6.45, 7) is 7.80. The number of benzene rings is 1. The fourth-order valence-electron chi connectivity index (χ4n) is 2.34. The Hall–Kier alpha value is -1.92. The van der Waals surface area contributed by atoms with E-state index in [9.17, 15) is 4.79 Å². The molecule has 1 aromatic carbocycles. The van der Waals surface area contributed by atoms with Gasteiger partial charge in [-0.05, 0) is 44.0 Å². The number of nitrogens with one attached hydrogen (secondary N) is 1. The molecule has 0 aliphatic rings. The van der Waals surface area contributed by atoms with Crippen molar-refractivity contribution in [3.05, 3.63) is 34.8 Å². The van der Waals surface area contributed by atoms with Crippen LogP contribution in [0, 0.1) is 12.8 Å². The molecule has 2 atom stereocenters. The van der Waals surface area contributed by atoms with Crippen LogP contribution in [-0.2, 0) is 4.79 Å². The molecule has 0 spiro atoms. The Balaban J connectivity index is 2.16. The van der Waals surface area contributed by atoms with Gasteiger partial charge in [0.25, 0.3) is 0 Å². The third-order valence-corrected chi connectivity index (χ3v) is 5.33. The topological polar surface area (TPSA) is 77.2 Å². The Morgan fingerprint density at radius 2 is 1.88 bits per heavy atom. The first-order valence-corrected chi connectivity index (χ1v) is 8.82. The maximum absolute atomic E-state index is 12.2. The molecule has 2 rings (SSSR count). The second-order valence-electron chi connectivity index (χ2n) is 6.20. The first-order valence-electron chi connectivity index (χ1n) is 8.01. The van der Waals surface area contributed by atoms with Gasteiger partial charge in [-0.25, -0.2) is 4.98 Å². The summed E-state index contributed by atoms with van der Waals surface area (Å²) in [6.07, 6.45) is 0. The predicted molar refractivity (Wildman–Crippen MR) is 98.2 cm³/mol. The van der Waals surface area contributed by atoms with E-state index in [2.05, 4.69) is 10.3 Å². The van der Waals surface area contributed by atoms with Gasteiger partial charge in [-0.15, -0.1) is 11.3 Å². The first kappa shape index (κ1) is 18.4. The van der Waals surface area contributed by atoms with Crippen molar-refractivity contribution in [2.24, 2.45) is 11.7 Å². The number of aromatic nitrogens is 1. The maximum atomic E-state index is 12.2. The summed E-state index contributed by atoms with van der Waals surface area (Å²) in [5.74, 6) is 0.793. The lowest BCUT2D eigenvalue weighted by Crippen LogP contribution is -2.44. The fourth-order valence-corrected chi connectivity index (χ4v) is 3.42. The number of ether oxygens (including phenoxy) is 1. The van der Waals surface area contributed by atoms with Gasteiger partial charge in [-0.3, -0.25) is 4.79 Å². The van der Waals surface area contributed by atoms with Crippen LogP contribution in [0.1, 0.15) is 37.4 Å². The third kappa shape index (κ3) is 4.13. The Morgan fingerprint density at radius 3 is 2.42 bits per heavy atom. The van der Waals surface area contributed by atoms with Crippen LogP contribution < -0.4 is 15.8 Å². The van der Waals surface area contributed by atoms with E-state index in [0.29, 0.717) is 0 Å². The summed E-state index contributed by atoms with van der Waals surface area (Å²) >= 11 is 1.59. The molecule has 0 aliphatic carbocycles. The van der Waals surface area contributed by atoms with Crippen LogP contribution in [0.4, 0.5) is 0 Å². The lowest BCUT2D eigenvalue weighted by atomic mass is 10.0. The lowest BCUT2D eigenvalue weighted by Gasteiger charge is -2.19. The number of rotatable bonds is 6. The standard InChI is InChI=1S/C18H25N3O2S/c1-10(2)15(19)17(22)20-11(3)16-12(4)21-18(24-16)13-6-8-14(23-5)9-7-13/h6-11,15H,19H2,1-5H3,(H,20,22)/t11?,15-/m0/s1. The minimum atomic E-state index is -0.498. The summed E-state index contributed by atoms with van der Waals surface area (Å²) in [5.41, 5.74) is 7.87. The van der Waals surface area contributed by atoms with Crippen molar-refractivity contribution >= 4 is 17.2 Å². The van der Waals surface area contributed by atoms with Crippen LogP contribution in [-0.4, -0.2) is 24.0 Å². The average Bonchev–Trinajstić information content (AvgIpc) is 2.95. The van der Waals surface area contributed by atoms with E-state index in [1.807, 2.05) is 52.0 Å². The van der Waals surface area contributed by atoms with E-state index < -0.39 is 6.04 Å². The van der Waals surface area contributed by atoms with Crippen molar-refractivity contribution in [2.75, 3.05) is 7.11 Å². The fraction of sp³-hybridized carbons (Fsp3) is 0.444. The molecule has 0 radical (unpaired) electrons. The van der Waals surface area contributed by atoms with Gasteiger partial charge in [0, 0.05) is 5.56 Å². The summed E-state index contributed by atoms with van der Waals surface area (Å²) < 4.78 is 5.18. The molecule has 1 aromatic heterocycles. The molecule has 1 amide bonds. The quantitative estimate of drug-likeness (QED) is 0.840. The number of carbonyl (C=O) groups excluding carboxylic acids is 1. The van der Waals surface area contributed by atoms with Gasteiger partial charge in [0.2, 0.25) is 5.91 Å². The molecule has 1 heterocycles. The van der Waals surface area contributed by atoms with Gasteiger partial charge in [0.1, 0.15) is 10.8 Å².